The number of aromatic hydroxyl groups is 1. The number of rotatable bonds is 11. The van der Waals surface area contributed by atoms with Crippen LogP contribution < -0.4 is 10.3 Å². The second kappa shape index (κ2) is 20.3. The molecule has 374 valence electrons. The number of phenolic OH excluding ortho intramolecular Hbond substituents is 1. The van der Waals surface area contributed by atoms with Gasteiger partial charge in [-0.1, -0.05) is 36.8 Å². The van der Waals surface area contributed by atoms with Crippen LogP contribution in [0, 0.1) is 24.1 Å². The zero-order valence-corrected chi connectivity index (χ0v) is 41.4. The molecule has 4 aliphatic heterocycles. The van der Waals surface area contributed by atoms with Crippen molar-refractivity contribution in [3.05, 3.63) is 152 Å². The molecule has 1 N–H and O–H groups in total. The van der Waals surface area contributed by atoms with Crippen molar-refractivity contribution in [2.45, 2.75) is 64.6 Å². The number of aromatic nitrogens is 3. The van der Waals surface area contributed by atoms with Gasteiger partial charge in [-0.2, -0.15) is 5.26 Å². The Kier molecular flexibility index (Phi) is 13.3. The molecule has 2 amide bonds. The van der Waals surface area contributed by atoms with Gasteiger partial charge in [-0.05, 0) is 122 Å². The fourth-order valence-corrected chi connectivity index (χ4v) is 11.5. The summed E-state index contributed by atoms with van der Waals surface area (Å²) in [5.41, 5.74) is 8.18. The summed E-state index contributed by atoms with van der Waals surface area (Å²) in [4.78, 5) is 57.8. The zero-order chi connectivity index (χ0) is 50.3. The lowest BCUT2D eigenvalue weighted by atomic mass is 9.89. The highest BCUT2D eigenvalue weighted by Gasteiger charge is 2.35. The SMILES string of the molecule is Cc1ncc(-n2c(=O)c3cc(-c4cc5c(cc4C(=O)N4Cc6ccccc6C[C@H]4CN4CCCCC4)CN(C(=O)Cc4ccc(OCCN6CCOCC6)cc4F)CC5)n(C)c3c3cc(O)ccc32)cc1C#N. The number of hydrogen-bond donors (Lipinski definition) is 1. The van der Waals surface area contributed by atoms with Gasteiger partial charge in [0, 0.05) is 87.2 Å². The maximum atomic E-state index is 15.8. The molecule has 2 fully saturated rings. The maximum Gasteiger partial charge on any atom is 0.265 e. The molecule has 11 rings (SSSR count). The number of halogens is 1. The number of carbonyl (C=O) groups is 2. The first-order valence-corrected chi connectivity index (χ1v) is 25.5. The lowest BCUT2D eigenvalue weighted by molar-refractivity contribution is -0.131. The van der Waals surface area contributed by atoms with E-state index in [9.17, 15) is 20.0 Å². The molecule has 0 unspecified atom stereocenters. The Morgan fingerprint density at radius 1 is 0.877 bits per heavy atom. The number of ether oxygens (including phenoxy) is 2. The Hall–Kier alpha value is -7.38. The van der Waals surface area contributed by atoms with E-state index in [-0.39, 0.29) is 47.7 Å². The van der Waals surface area contributed by atoms with Gasteiger partial charge >= 0.3 is 0 Å². The third-order valence-corrected chi connectivity index (χ3v) is 15.5. The van der Waals surface area contributed by atoms with E-state index in [1.165, 1.54) is 28.7 Å². The number of nitrogens with zero attached hydrogens (tertiary/aromatic N) is 8. The Morgan fingerprint density at radius 3 is 2.48 bits per heavy atom. The van der Waals surface area contributed by atoms with Crippen molar-refractivity contribution in [3.63, 3.8) is 0 Å². The summed E-state index contributed by atoms with van der Waals surface area (Å²) in [7, 11) is 1.87. The van der Waals surface area contributed by atoms with Gasteiger partial charge in [-0.3, -0.25) is 28.8 Å². The number of amides is 2. The molecule has 0 saturated carbocycles. The third kappa shape index (κ3) is 9.46. The summed E-state index contributed by atoms with van der Waals surface area (Å²) in [5, 5.41) is 21.8. The number of benzene rings is 4. The summed E-state index contributed by atoms with van der Waals surface area (Å²) in [6.07, 6.45) is 6.09. The fraction of sp³-hybridized carbons (Fsp3) is 0.362. The van der Waals surface area contributed by atoms with E-state index in [0.29, 0.717) is 114 Å². The average molecular weight is 983 g/mol. The number of aryl methyl sites for hydroxylation is 2. The molecule has 0 bridgehead atoms. The van der Waals surface area contributed by atoms with Crippen molar-refractivity contribution in [2.24, 2.45) is 7.05 Å². The number of phenols is 1. The van der Waals surface area contributed by atoms with Gasteiger partial charge in [0.1, 0.15) is 30.0 Å². The second-order valence-electron chi connectivity index (χ2n) is 20.0. The number of morpholine rings is 1. The highest BCUT2D eigenvalue weighted by molar-refractivity contribution is 6.09. The second-order valence-corrected chi connectivity index (χ2v) is 20.0. The molecule has 73 heavy (non-hydrogen) atoms. The van der Waals surface area contributed by atoms with Gasteiger partial charge < -0.3 is 33.8 Å². The zero-order valence-electron chi connectivity index (χ0n) is 41.4. The molecular weight excluding hydrogens is 924 g/mol. The minimum atomic E-state index is -0.499. The number of likely N-dealkylation sites (tertiary alicyclic amines) is 1. The van der Waals surface area contributed by atoms with Crippen LogP contribution in [0.3, 0.4) is 0 Å². The molecule has 0 radical (unpaired) electrons. The number of hydrogen-bond acceptors (Lipinski definition) is 10. The quantitative estimate of drug-likeness (QED) is 0.139. The number of pyridine rings is 2. The predicted octanol–water partition coefficient (Wildman–Crippen LogP) is 7.46. The summed E-state index contributed by atoms with van der Waals surface area (Å²) in [6.45, 7) is 9.69. The standard InChI is InChI=1S/C58H59FN8O6/c1-37-42(32-60)25-44(33-61-37)67-53-13-11-46(68)29-50(53)56-51(58(67)71)31-54(62(56)2)48-26-39-14-17-65(55(69)28-40-10-12-47(30-52(40)59)73-23-20-63-18-21-72-22-19-63)34-43(39)27-49(48)57(70)66-35-41-9-5-4-8-38(41)24-45(66)36-64-15-6-3-7-16-64/h4-5,8-13,25-27,29-31,33,45,68H,3,6-7,14-24,28,34-36H2,1-2H3/t45-/m0/s1. The summed E-state index contributed by atoms with van der Waals surface area (Å²) >= 11 is 0. The van der Waals surface area contributed by atoms with Crippen LogP contribution in [0.1, 0.15) is 68.7 Å². The van der Waals surface area contributed by atoms with Gasteiger partial charge in [0.05, 0.1) is 59.2 Å². The van der Waals surface area contributed by atoms with Crippen LogP contribution >= 0.6 is 0 Å². The monoisotopic (exact) mass is 982 g/mol. The lowest BCUT2D eigenvalue weighted by Crippen LogP contribution is -2.51. The Morgan fingerprint density at radius 2 is 1.68 bits per heavy atom. The lowest BCUT2D eigenvalue weighted by Gasteiger charge is -2.41. The fourth-order valence-electron chi connectivity index (χ4n) is 11.5. The maximum absolute atomic E-state index is 15.8. The van der Waals surface area contributed by atoms with E-state index in [4.69, 9.17) is 9.47 Å². The molecule has 15 heteroatoms. The number of carbonyl (C=O) groups excluding carboxylic acids is 2. The van der Waals surface area contributed by atoms with Crippen LogP contribution in [0.2, 0.25) is 0 Å². The first-order chi connectivity index (χ1) is 35.5. The van der Waals surface area contributed by atoms with E-state index in [1.807, 2.05) is 34.7 Å². The summed E-state index contributed by atoms with van der Waals surface area (Å²) in [5.74, 6) is -0.437. The van der Waals surface area contributed by atoms with Gasteiger partial charge in [-0.25, -0.2) is 4.39 Å². The molecule has 2 saturated heterocycles. The first kappa shape index (κ1) is 47.9. The van der Waals surface area contributed by atoms with Gasteiger partial charge in [0.15, 0.2) is 0 Å². The van der Waals surface area contributed by atoms with Gasteiger partial charge in [0.2, 0.25) is 5.91 Å². The van der Waals surface area contributed by atoms with E-state index >= 15 is 9.18 Å². The smallest absolute Gasteiger partial charge is 0.265 e. The predicted molar refractivity (Wildman–Crippen MR) is 276 cm³/mol. The Balaban J connectivity index is 0.974. The van der Waals surface area contributed by atoms with Crippen LogP contribution in [-0.4, -0.2) is 122 Å². The summed E-state index contributed by atoms with van der Waals surface area (Å²) in [6, 6.07) is 27.4. The molecule has 7 heterocycles. The molecule has 4 aromatic carbocycles. The van der Waals surface area contributed by atoms with Crippen molar-refractivity contribution in [3.8, 4) is 34.5 Å². The molecule has 0 spiro atoms. The van der Waals surface area contributed by atoms with Crippen LogP contribution in [0.5, 0.6) is 11.5 Å². The van der Waals surface area contributed by atoms with E-state index in [0.717, 1.165) is 62.3 Å². The van der Waals surface area contributed by atoms with E-state index in [2.05, 4.69) is 45.1 Å². The number of piperidine rings is 1. The molecule has 7 aromatic rings. The Labute approximate surface area is 423 Å². The molecular formula is C58H59FN8O6. The number of fused-ring (bicyclic) bond motifs is 5. The van der Waals surface area contributed by atoms with Crippen molar-refractivity contribution < 1.29 is 28.6 Å². The van der Waals surface area contributed by atoms with Crippen molar-refractivity contribution in [1.29, 1.82) is 5.26 Å². The summed E-state index contributed by atoms with van der Waals surface area (Å²) < 4.78 is 30.4. The molecule has 0 aliphatic carbocycles. The molecule has 1 atom stereocenters. The van der Waals surface area contributed by atoms with Crippen LogP contribution in [-0.2, 0) is 48.9 Å². The molecule has 3 aromatic heterocycles. The minimum absolute atomic E-state index is 0.0132. The van der Waals surface area contributed by atoms with Crippen LogP contribution in [0.15, 0.2) is 95.9 Å². The van der Waals surface area contributed by atoms with Gasteiger partial charge in [-0.15, -0.1) is 0 Å². The van der Waals surface area contributed by atoms with Crippen molar-refractivity contribution in [2.75, 3.05) is 65.6 Å². The molecule has 4 aliphatic rings. The van der Waals surface area contributed by atoms with Crippen molar-refractivity contribution >= 4 is 33.6 Å². The average Bonchev–Trinajstić information content (AvgIpc) is 3.76. The van der Waals surface area contributed by atoms with Crippen LogP contribution in [0.4, 0.5) is 4.39 Å². The van der Waals surface area contributed by atoms with Crippen molar-refractivity contribution in [1.82, 2.24) is 33.7 Å². The first-order valence-electron chi connectivity index (χ1n) is 25.5. The number of nitriles is 1. The topological polar surface area (TPSA) is 149 Å². The normalized spacial score (nSPS) is 17.4. The molecule has 14 nitrogen and oxygen atoms in total. The van der Waals surface area contributed by atoms with Gasteiger partial charge in [0.25, 0.3) is 11.5 Å². The van der Waals surface area contributed by atoms with E-state index < -0.39 is 5.82 Å². The third-order valence-electron chi connectivity index (χ3n) is 15.5. The highest BCUT2D eigenvalue weighted by Crippen LogP contribution is 2.38. The van der Waals surface area contributed by atoms with Crippen LogP contribution in [0.25, 0.3) is 38.8 Å². The highest BCUT2D eigenvalue weighted by atomic mass is 19.1. The minimum Gasteiger partial charge on any atom is -0.508 e. The van der Waals surface area contributed by atoms with E-state index in [1.54, 1.807) is 48.4 Å². The Bertz CT molecular complexity index is 3400. The largest absolute Gasteiger partial charge is 0.508 e.